The molecule has 5 aliphatic heterocycles. The van der Waals surface area contributed by atoms with Crippen LogP contribution in [0.5, 0.6) is 11.6 Å². The zero-order valence-electron chi connectivity index (χ0n) is 44.4. The summed E-state index contributed by atoms with van der Waals surface area (Å²) < 4.78 is 55.4. The maximum absolute atomic E-state index is 14.8. The van der Waals surface area contributed by atoms with Gasteiger partial charge < -0.3 is 44.2 Å². The largest absolute Gasteiger partial charge is 0.491 e. The van der Waals surface area contributed by atoms with E-state index in [0.717, 1.165) is 114 Å². The van der Waals surface area contributed by atoms with Crippen LogP contribution < -0.4 is 29.3 Å². The third-order valence-corrected chi connectivity index (χ3v) is 18.2. The van der Waals surface area contributed by atoms with Crippen molar-refractivity contribution in [1.29, 1.82) is 0 Å². The lowest BCUT2D eigenvalue weighted by atomic mass is 9.80. The molecule has 3 atom stereocenters. The highest BCUT2D eigenvalue weighted by atomic mass is 32.2. The van der Waals surface area contributed by atoms with Crippen LogP contribution in [0.2, 0.25) is 0 Å². The summed E-state index contributed by atoms with van der Waals surface area (Å²) >= 11 is 0. The molecule has 0 spiro atoms. The van der Waals surface area contributed by atoms with Gasteiger partial charge in [0.25, 0.3) is 21.6 Å². The van der Waals surface area contributed by atoms with E-state index >= 15 is 0 Å². The number of carbonyl (C=O) groups excluding carboxylic acids is 1. The molecule has 3 aromatic carbocycles. The first-order valence-corrected chi connectivity index (χ1v) is 29.2. The molecule has 11 rings (SSSR count). The molecule has 5 aromatic rings. The Hall–Kier alpha value is -6.03. The molecular formula is C57H73N9O10S. The second-order valence-corrected chi connectivity index (χ2v) is 24.2. The second-order valence-electron chi connectivity index (χ2n) is 22.6. The van der Waals surface area contributed by atoms with E-state index in [1.165, 1.54) is 17.7 Å². The molecule has 0 bridgehead atoms. The highest BCUT2D eigenvalue weighted by Crippen LogP contribution is 2.46. The van der Waals surface area contributed by atoms with E-state index in [-0.39, 0.29) is 35.4 Å². The Morgan fingerprint density at radius 2 is 1.70 bits per heavy atom. The number of nitrogens with one attached hydrogen (secondary N) is 3. The lowest BCUT2D eigenvalue weighted by Gasteiger charge is -2.47. The van der Waals surface area contributed by atoms with Crippen LogP contribution in [0.4, 0.5) is 28.4 Å². The number of sulfonamides is 1. The summed E-state index contributed by atoms with van der Waals surface area (Å²) in [7, 11) is -4.64. The molecule has 77 heavy (non-hydrogen) atoms. The van der Waals surface area contributed by atoms with Gasteiger partial charge in [-0.2, -0.15) is 4.98 Å². The summed E-state index contributed by atoms with van der Waals surface area (Å²) in [5, 5.41) is 26.8. The monoisotopic (exact) mass is 1080 g/mol. The van der Waals surface area contributed by atoms with Gasteiger partial charge in [-0.15, -0.1) is 0 Å². The van der Waals surface area contributed by atoms with Crippen molar-refractivity contribution >= 4 is 55.4 Å². The Balaban J connectivity index is 0.862. The number of aromatic amines is 1. The summed E-state index contributed by atoms with van der Waals surface area (Å²) in [5.74, 6) is 1.05. The Bertz CT molecular complexity index is 3040. The van der Waals surface area contributed by atoms with Gasteiger partial charge in [-0.25, -0.2) is 13.1 Å². The third kappa shape index (κ3) is 11.6. The minimum Gasteiger partial charge on any atom is -0.491 e. The van der Waals surface area contributed by atoms with Gasteiger partial charge in [0.1, 0.15) is 28.9 Å². The molecule has 0 unspecified atom stereocenters. The number of piperazine rings is 1. The third-order valence-electron chi connectivity index (χ3n) is 16.9. The first-order chi connectivity index (χ1) is 37.2. The molecule has 5 fully saturated rings. The fourth-order valence-corrected chi connectivity index (χ4v) is 13.6. The van der Waals surface area contributed by atoms with Gasteiger partial charge in [-0.1, -0.05) is 18.2 Å². The number of ether oxygens (including phenoxy) is 4. The standard InChI is InChI=1S/C57H73N9O10S/c1-37(2)75-52-7-5-4-6-44(52)51-35-63(41-17-27-73-28-18-41)25-26-64(51)34-39-15-23-62(24-16-39)42-8-10-45(48(31-42)65-47-19-29-74-36-53(47)76-56-50(65)30-40-14-22-58-54(40)60-56)55(67)61-77(71,72)43-9-11-46(49(32-43)66(69)70)59-33-38-12-20-57(3,68)21-13-38/h4-11,14,22,30-32,37-39,41,47,51,53,59,68H,12-13,15-21,23-29,33-36H2,1-3H3,(H,58,60)(H,61,67)/t38?,47-,51+,53-,57?/m0/s1. The molecule has 20 heteroatoms. The van der Waals surface area contributed by atoms with Crippen LogP contribution >= 0.6 is 0 Å². The first-order valence-electron chi connectivity index (χ1n) is 27.7. The van der Waals surface area contributed by atoms with Crippen molar-refractivity contribution in [3.63, 3.8) is 0 Å². The molecule has 1 amide bonds. The first kappa shape index (κ1) is 53.0. The van der Waals surface area contributed by atoms with Crippen LogP contribution in [0.1, 0.15) is 101 Å². The molecular weight excluding hydrogens is 1000 g/mol. The number of amides is 1. The number of hydrogen-bond donors (Lipinski definition) is 4. The number of pyridine rings is 1. The van der Waals surface area contributed by atoms with Crippen LogP contribution in [0, 0.1) is 22.0 Å². The van der Waals surface area contributed by atoms with Gasteiger partial charge in [0, 0.05) is 101 Å². The lowest BCUT2D eigenvalue weighted by Crippen LogP contribution is -2.54. The Morgan fingerprint density at radius 1 is 0.922 bits per heavy atom. The Morgan fingerprint density at radius 3 is 2.48 bits per heavy atom. The topological polar surface area (TPSA) is 217 Å². The molecule has 4 saturated heterocycles. The number of benzene rings is 3. The summed E-state index contributed by atoms with van der Waals surface area (Å²) in [6, 6.07) is 22.0. The van der Waals surface area contributed by atoms with Crippen molar-refractivity contribution in [1.82, 2.24) is 24.5 Å². The molecule has 1 aliphatic carbocycles. The lowest BCUT2D eigenvalue weighted by molar-refractivity contribution is -0.384. The van der Waals surface area contributed by atoms with E-state index in [1.807, 2.05) is 31.2 Å². The number of fused-ring (bicyclic) bond motifs is 3. The summed E-state index contributed by atoms with van der Waals surface area (Å²) in [4.78, 5) is 44.0. The van der Waals surface area contributed by atoms with Gasteiger partial charge in [0.2, 0.25) is 5.88 Å². The van der Waals surface area contributed by atoms with Gasteiger partial charge in [-0.3, -0.25) is 24.7 Å². The average Bonchev–Trinajstić information content (AvgIpc) is 3.92. The van der Waals surface area contributed by atoms with Crippen molar-refractivity contribution in [3.05, 3.63) is 100 Å². The molecule has 2 aromatic heterocycles. The predicted molar refractivity (Wildman–Crippen MR) is 294 cm³/mol. The summed E-state index contributed by atoms with van der Waals surface area (Å²) in [6.45, 7) is 14.2. The highest BCUT2D eigenvalue weighted by Gasteiger charge is 2.43. The molecule has 1 saturated carbocycles. The average molecular weight is 1080 g/mol. The van der Waals surface area contributed by atoms with Crippen molar-refractivity contribution in [2.75, 3.05) is 87.4 Å². The number of rotatable bonds is 15. The molecule has 7 heterocycles. The molecule has 0 radical (unpaired) electrons. The van der Waals surface area contributed by atoms with E-state index in [0.29, 0.717) is 73.9 Å². The van der Waals surface area contributed by atoms with Crippen LogP contribution in [-0.2, 0) is 19.5 Å². The molecule has 4 N–H and O–H groups in total. The van der Waals surface area contributed by atoms with Crippen LogP contribution in [0.3, 0.4) is 0 Å². The number of nitro benzene ring substituents is 1. The zero-order chi connectivity index (χ0) is 53.4. The minimum absolute atomic E-state index is 0.0554. The zero-order valence-corrected chi connectivity index (χ0v) is 45.2. The number of carbonyl (C=O) groups is 1. The number of piperidine rings is 1. The fraction of sp³-hybridized carbons (Fsp3) is 0.544. The number of nitro groups is 1. The SMILES string of the molecule is CC(C)Oc1ccccc1[C@H]1CN(C2CCOCC2)CCN1CC1CCN(c2ccc(C(=O)NS(=O)(=O)c3ccc(NCC4CCC(C)(O)CC4)c([N+](=O)[O-])c3)c(N3c4cc5cc[nH]c5nc4O[C@H]4COCC[C@@H]43)c2)CC1. The summed E-state index contributed by atoms with van der Waals surface area (Å²) in [6.07, 6.45) is 8.77. The van der Waals surface area contributed by atoms with Gasteiger partial charge in [0.05, 0.1) is 51.5 Å². The number of aliphatic hydroxyl groups is 1. The highest BCUT2D eigenvalue weighted by molar-refractivity contribution is 7.90. The van der Waals surface area contributed by atoms with Crippen LogP contribution in [0.15, 0.2) is 83.9 Å². The molecule has 19 nitrogen and oxygen atoms in total. The number of anilines is 4. The molecule has 6 aliphatic rings. The Labute approximate surface area is 450 Å². The van der Waals surface area contributed by atoms with Crippen molar-refractivity contribution < 1.29 is 42.2 Å². The van der Waals surface area contributed by atoms with Gasteiger partial charge in [-0.05, 0) is 139 Å². The number of hydrogen-bond acceptors (Lipinski definition) is 16. The number of nitrogens with zero attached hydrogens (tertiary/aromatic N) is 6. The smallest absolute Gasteiger partial charge is 0.293 e. The van der Waals surface area contributed by atoms with E-state index in [2.05, 4.69) is 72.7 Å². The van der Waals surface area contributed by atoms with E-state index < -0.39 is 43.1 Å². The van der Waals surface area contributed by atoms with E-state index in [1.54, 1.807) is 12.3 Å². The molecule has 412 valence electrons. The number of para-hydroxylation sites is 1. The van der Waals surface area contributed by atoms with Gasteiger partial charge in [0.15, 0.2) is 0 Å². The van der Waals surface area contributed by atoms with Crippen LogP contribution in [-0.4, -0.2) is 146 Å². The van der Waals surface area contributed by atoms with E-state index in [9.17, 15) is 28.4 Å². The number of aromatic nitrogens is 2. The second kappa shape index (κ2) is 22.4. The fourth-order valence-electron chi connectivity index (χ4n) is 12.6. The number of H-pyrrole nitrogens is 1. The van der Waals surface area contributed by atoms with Crippen molar-refractivity contribution in [2.24, 2.45) is 11.8 Å². The van der Waals surface area contributed by atoms with Crippen LogP contribution in [0.25, 0.3) is 11.0 Å². The van der Waals surface area contributed by atoms with Crippen molar-refractivity contribution in [3.8, 4) is 11.6 Å². The van der Waals surface area contributed by atoms with E-state index in [4.69, 9.17) is 23.9 Å². The van der Waals surface area contributed by atoms with Crippen molar-refractivity contribution in [2.45, 2.75) is 119 Å². The predicted octanol–water partition coefficient (Wildman–Crippen LogP) is 8.17. The maximum atomic E-state index is 14.8. The quantitative estimate of drug-likeness (QED) is 0.0574. The van der Waals surface area contributed by atoms with Gasteiger partial charge >= 0.3 is 0 Å². The summed E-state index contributed by atoms with van der Waals surface area (Å²) in [5.41, 5.74) is 3.02. The Kier molecular flexibility index (Phi) is 15.4. The minimum atomic E-state index is -4.64. The normalized spacial score (nSPS) is 25.0. The maximum Gasteiger partial charge on any atom is 0.293 e.